The molecule has 3 nitrogen and oxygen atoms in total. The number of anilines is 1. The molecular weight excluding hydrogens is 222 g/mol. The lowest BCUT2D eigenvalue weighted by atomic mass is 9.80. The van der Waals surface area contributed by atoms with E-state index in [1.54, 1.807) is 6.07 Å². The van der Waals surface area contributed by atoms with E-state index in [0.717, 1.165) is 11.7 Å². The van der Waals surface area contributed by atoms with Gasteiger partial charge in [0.2, 0.25) is 0 Å². The number of halogens is 1. The van der Waals surface area contributed by atoms with Gasteiger partial charge in [-0.3, -0.25) is 0 Å². The fourth-order valence-electron chi connectivity index (χ4n) is 1.89. The van der Waals surface area contributed by atoms with E-state index >= 15 is 0 Å². The summed E-state index contributed by atoms with van der Waals surface area (Å²) in [6.45, 7) is 2.16. The lowest BCUT2D eigenvalue weighted by molar-refractivity contribution is 0.285. The summed E-state index contributed by atoms with van der Waals surface area (Å²) in [5.74, 6) is 1.48. The average Bonchev–Trinajstić information content (AvgIpc) is 2.18. The molecule has 1 N–H and O–H groups in total. The molecule has 0 radical (unpaired) electrons. The summed E-state index contributed by atoms with van der Waals surface area (Å²) in [6.07, 6.45) is 3.90. The minimum atomic E-state index is 0.285. The highest BCUT2D eigenvalue weighted by atomic mass is 35.5. The van der Waals surface area contributed by atoms with Gasteiger partial charge in [-0.15, -0.1) is 0 Å². The maximum Gasteiger partial charge on any atom is 0.161 e. The molecule has 0 aromatic carbocycles. The van der Waals surface area contributed by atoms with E-state index in [-0.39, 0.29) is 5.69 Å². The summed E-state index contributed by atoms with van der Waals surface area (Å²) in [7, 11) is 0. The normalized spacial score (nSPS) is 17.3. The summed E-state index contributed by atoms with van der Waals surface area (Å²) in [4.78, 5) is 4.17. The molecule has 0 amide bonds. The molecule has 1 unspecified atom stereocenters. The molecule has 0 saturated heterocycles. The molecule has 1 heterocycles. The van der Waals surface area contributed by atoms with E-state index in [0.29, 0.717) is 11.1 Å². The van der Waals surface area contributed by atoms with Crippen LogP contribution in [0.1, 0.15) is 31.9 Å². The van der Waals surface area contributed by atoms with Gasteiger partial charge in [-0.05, 0) is 37.8 Å². The van der Waals surface area contributed by atoms with E-state index in [2.05, 4.69) is 17.2 Å². The van der Waals surface area contributed by atoms with Crippen LogP contribution in [0.4, 0.5) is 5.82 Å². The van der Waals surface area contributed by atoms with Crippen LogP contribution in [0.15, 0.2) is 12.1 Å². The SMILES string of the molecule is CC(Nc1ccc(Cl)c(C#N)n1)C1CCC1. The highest BCUT2D eigenvalue weighted by Gasteiger charge is 2.23. The number of pyridine rings is 1. The third kappa shape index (κ3) is 2.28. The number of rotatable bonds is 3. The van der Waals surface area contributed by atoms with Crippen molar-refractivity contribution in [1.82, 2.24) is 4.98 Å². The molecule has 16 heavy (non-hydrogen) atoms. The van der Waals surface area contributed by atoms with Gasteiger partial charge < -0.3 is 5.32 Å². The topological polar surface area (TPSA) is 48.7 Å². The summed E-state index contributed by atoms with van der Waals surface area (Å²) < 4.78 is 0. The van der Waals surface area contributed by atoms with E-state index in [9.17, 15) is 0 Å². The van der Waals surface area contributed by atoms with Crippen LogP contribution in [0.2, 0.25) is 5.02 Å². The monoisotopic (exact) mass is 235 g/mol. The van der Waals surface area contributed by atoms with E-state index < -0.39 is 0 Å². The van der Waals surface area contributed by atoms with Crippen molar-refractivity contribution in [3.05, 3.63) is 22.8 Å². The van der Waals surface area contributed by atoms with Crippen LogP contribution in [0.3, 0.4) is 0 Å². The van der Waals surface area contributed by atoms with Crippen LogP contribution in [-0.2, 0) is 0 Å². The Kier molecular flexibility index (Phi) is 3.31. The third-order valence-corrected chi connectivity index (χ3v) is 3.49. The maximum absolute atomic E-state index is 8.82. The Morgan fingerprint density at radius 2 is 2.31 bits per heavy atom. The summed E-state index contributed by atoms with van der Waals surface area (Å²) in [6, 6.07) is 5.92. The molecule has 0 bridgehead atoms. The van der Waals surface area contributed by atoms with E-state index in [4.69, 9.17) is 16.9 Å². The van der Waals surface area contributed by atoms with E-state index in [1.807, 2.05) is 12.1 Å². The number of hydrogen-bond donors (Lipinski definition) is 1. The van der Waals surface area contributed by atoms with Crippen LogP contribution in [0.25, 0.3) is 0 Å². The quantitative estimate of drug-likeness (QED) is 0.875. The first-order chi connectivity index (χ1) is 7.70. The fourth-order valence-corrected chi connectivity index (χ4v) is 2.04. The smallest absolute Gasteiger partial charge is 0.161 e. The Morgan fingerprint density at radius 1 is 1.56 bits per heavy atom. The van der Waals surface area contributed by atoms with Crippen LogP contribution in [0.5, 0.6) is 0 Å². The van der Waals surface area contributed by atoms with Crippen molar-refractivity contribution >= 4 is 17.4 Å². The lowest BCUT2D eigenvalue weighted by Gasteiger charge is -2.32. The number of nitrogens with one attached hydrogen (secondary N) is 1. The Balaban J connectivity index is 2.06. The zero-order valence-corrected chi connectivity index (χ0v) is 9.96. The molecule has 0 aliphatic heterocycles. The van der Waals surface area contributed by atoms with Crippen molar-refractivity contribution in [3.8, 4) is 6.07 Å². The molecule has 84 valence electrons. The zero-order valence-electron chi connectivity index (χ0n) is 9.20. The zero-order chi connectivity index (χ0) is 11.5. The van der Waals surface area contributed by atoms with Crippen molar-refractivity contribution in [3.63, 3.8) is 0 Å². The standard InChI is InChI=1S/C12H14ClN3/c1-8(9-3-2-4-9)15-12-6-5-10(13)11(7-14)16-12/h5-6,8-9H,2-4H2,1H3,(H,15,16). The molecule has 1 aromatic heterocycles. The first-order valence-corrected chi connectivity index (χ1v) is 5.91. The fraction of sp³-hybridized carbons (Fsp3) is 0.500. The maximum atomic E-state index is 8.82. The van der Waals surface area contributed by atoms with Gasteiger partial charge in [0.15, 0.2) is 5.69 Å². The van der Waals surface area contributed by atoms with Crippen LogP contribution >= 0.6 is 11.6 Å². The van der Waals surface area contributed by atoms with Crippen molar-refractivity contribution in [2.24, 2.45) is 5.92 Å². The van der Waals surface area contributed by atoms with Crippen molar-refractivity contribution in [1.29, 1.82) is 5.26 Å². The molecule has 2 rings (SSSR count). The lowest BCUT2D eigenvalue weighted by Crippen LogP contribution is -2.31. The van der Waals surface area contributed by atoms with Crippen LogP contribution in [0, 0.1) is 17.2 Å². The Morgan fingerprint density at radius 3 is 2.88 bits per heavy atom. The Hall–Kier alpha value is -1.27. The summed E-state index contributed by atoms with van der Waals surface area (Å²) in [5, 5.41) is 12.6. The van der Waals surface area contributed by atoms with Gasteiger partial charge in [0.25, 0.3) is 0 Å². The van der Waals surface area contributed by atoms with Gasteiger partial charge in [-0.1, -0.05) is 18.0 Å². The van der Waals surface area contributed by atoms with Gasteiger partial charge in [0.05, 0.1) is 5.02 Å². The summed E-state index contributed by atoms with van der Waals surface area (Å²) in [5.41, 5.74) is 0.285. The van der Waals surface area contributed by atoms with Gasteiger partial charge in [-0.25, -0.2) is 4.98 Å². The molecule has 1 atom stereocenters. The second kappa shape index (κ2) is 4.71. The number of nitriles is 1. The predicted molar refractivity (Wildman–Crippen MR) is 64.4 cm³/mol. The molecule has 4 heteroatoms. The largest absolute Gasteiger partial charge is 0.367 e. The Bertz CT molecular complexity index is 421. The minimum Gasteiger partial charge on any atom is -0.367 e. The van der Waals surface area contributed by atoms with Crippen LogP contribution in [-0.4, -0.2) is 11.0 Å². The van der Waals surface area contributed by atoms with Crippen molar-refractivity contribution in [2.45, 2.75) is 32.2 Å². The van der Waals surface area contributed by atoms with Gasteiger partial charge >= 0.3 is 0 Å². The number of aromatic nitrogens is 1. The molecule has 1 aromatic rings. The third-order valence-electron chi connectivity index (χ3n) is 3.18. The second-order valence-electron chi connectivity index (χ2n) is 4.26. The average molecular weight is 236 g/mol. The molecule has 1 fully saturated rings. The van der Waals surface area contributed by atoms with Gasteiger partial charge in [-0.2, -0.15) is 5.26 Å². The van der Waals surface area contributed by atoms with Gasteiger partial charge in [0.1, 0.15) is 11.9 Å². The predicted octanol–water partition coefficient (Wildman–Crippen LogP) is 3.21. The molecule has 1 aliphatic carbocycles. The van der Waals surface area contributed by atoms with E-state index in [1.165, 1.54) is 19.3 Å². The highest BCUT2D eigenvalue weighted by molar-refractivity contribution is 6.31. The van der Waals surface area contributed by atoms with Crippen molar-refractivity contribution in [2.75, 3.05) is 5.32 Å². The number of hydrogen-bond acceptors (Lipinski definition) is 3. The Labute approximate surface area is 100 Å². The first-order valence-electron chi connectivity index (χ1n) is 5.54. The summed E-state index contributed by atoms with van der Waals surface area (Å²) >= 11 is 5.82. The molecule has 1 aliphatic rings. The first kappa shape index (κ1) is 11.2. The molecule has 1 saturated carbocycles. The van der Waals surface area contributed by atoms with Crippen LogP contribution < -0.4 is 5.32 Å². The van der Waals surface area contributed by atoms with Gasteiger partial charge in [0, 0.05) is 6.04 Å². The highest BCUT2D eigenvalue weighted by Crippen LogP contribution is 2.30. The molecule has 0 spiro atoms. The minimum absolute atomic E-state index is 0.285. The number of nitrogens with zero attached hydrogens (tertiary/aromatic N) is 2. The second-order valence-corrected chi connectivity index (χ2v) is 4.67. The molecular formula is C12H14ClN3. The van der Waals surface area contributed by atoms with Crippen molar-refractivity contribution < 1.29 is 0 Å².